The minimum atomic E-state index is -0.355. The molecule has 0 bridgehead atoms. The van der Waals surface area contributed by atoms with Gasteiger partial charge in [-0.15, -0.1) is 0 Å². The second-order valence-corrected chi connectivity index (χ2v) is 3.32. The molecule has 1 aromatic heterocycles. The maximum atomic E-state index is 11.4. The number of esters is 1. The summed E-state index contributed by atoms with van der Waals surface area (Å²) in [5.74, 6) is -0.355. The van der Waals surface area contributed by atoms with Crippen LogP contribution in [0, 0.1) is 0 Å². The highest BCUT2D eigenvalue weighted by atomic mass is 16.5. The zero-order valence-corrected chi connectivity index (χ0v) is 7.95. The van der Waals surface area contributed by atoms with Crippen molar-refractivity contribution in [3.63, 3.8) is 0 Å². The Morgan fingerprint density at radius 3 is 3.14 bits per heavy atom. The van der Waals surface area contributed by atoms with Crippen LogP contribution in [-0.4, -0.2) is 29.4 Å². The van der Waals surface area contributed by atoms with Gasteiger partial charge in [0, 0.05) is 7.11 Å². The van der Waals surface area contributed by atoms with Crippen molar-refractivity contribution in [2.24, 2.45) is 0 Å². The maximum absolute atomic E-state index is 11.4. The van der Waals surface area contributed by atoms with E-state index >= 15 is 0 Å². The molecule has 1 N–H and O–H groups in total. The number of aromatic amines is 1. The number of methoxy groups -OCH3 is 1. The van der Waals surface area contributed by atoms with Crippen molar-refractivity contribution in [1.29, 1.82) is 0 Å². The van der Waals surface area contributed by atoms with Crippen molar-refractivity contribution in [3.05, 3.63) is 17.5 Å². The van der Waals surface area contributed by atoms with Gasteiger partial charge in [-0.25, -0.2) is 4.79 Å². The number of carbonyl (C=O) groups is 1. The highest BCUT2D eigenvalue weighted by molar-refractivity contribution is 5.87. The quantitative estimate of drug-likeness (QED) is 0.726. The predicted molar refractivity (Wildman–Crippen MR) is 47.7 cm³/mol. The average Bonchev–Trinajstić information content (AvgIpc) is 2.83. The van der Waals surface area contributed by atoms with E-state index in [1.54, 1.807) is 13.2 Å². The maximum Gasteiger partial charge on any atom is 0.359 e. The highest BCUT2D eigenvalue weighted by Crippen LogP contribution is 2.24. The van der Waals surface area contributed by atoms with Crippen molar-refractivity contribution in [3.8, 4) is 0 Å². The van der Waals surface area contributed by atoms with Gasteiger partial charge in [0.05, 0.1) is 12.3 Å². The summed E-state index contributed by atoms with van der Waals surface area (Å²) >= 11 is 0. The molecule has 1 aliphatic rings. The van der Waals surface area contributed by atoms with E-state index in [4.69, 9.17) is 9.47 Å². The Morgan fingerprint density at radius 2 is 2.50 bits per heavy atom. The van der Waals surface area contributed by atoms with Crippen molar-refractivity contribution >= 4 is 5.97 Å². The van der Waals surface area contributed by atoms with E-state index in [9.17, 15) is 4.79 Å². The van der Waals surface area contributed by atoms with E-state index < -0.39 is 0 Å². The number of hydrogen-bond acceptors (Lipinski definition) is 4. The van der Waals surface area contributed by atoms with Crippen LogP contribution in [0.25, 0.3) is 0 Å². The third-order valence-electron chi connectivity index (χ3n) is 1.94. The molecule has 2 rings (SSSR count). The van der Waals surface area contributed by atoms with Crippen molar-refractivity contribution in [2.75, 3.05) is 7.11 Å². The lowest BCUT2D eigenvalue weighted by atomic mass is 10.3. The number of carbonyl (C=O) groups excluding carboxylic acids is 1. The number of nitrogens with zero attached hydrogens (tertiary/aromatic N) is 1. The zero-order valence-electron chi connectivity index (χ0n) is 7.95. The van der Waals surface area contributed by atoms with Gasteiger partial charge in [-0.3, -0.25) is 5.10 Å². The van der Waals surface area contributed by atoms with Crippen molar-refractivity contribution in [1.82, 2.24) is 10.2 Å². The first-order chi connectivity index (χ1) is 6.79. The van der Waals surface area contributed by atoms with Crippen LogP contribution in [0.2, 0.25) is 0 Å². The molecule has 0 unspecified atom stereocenters. The van der Waals surface area contributed by atoms with Gasteiger partial charge in [-0.2, -0.15) is 5.10 Å². The third-order valence-corrected chi connectivity index (χ3v) is 1.94. The van der Waals surface area contributed by atoms with Gasteiger partial charge in [-0.05, 0) is 18.9 Å². The third kappa shape index (κ3) is 2.11. The Bertz CT molecular complexity index is 331. The molecule has 0 amide bonds. The molecule has 5 nitrogen and oxygen atoms in total. The summed E-state index contributed by atoms with van der Waals surface area (Å²) in [5, 5.41) is 6.54. The van der Waals surface area contributed by atoms with Gasteiger partial charge in [0.15, 0.2) is 5.69 Å². The number of nitrogens with one attached hydrogen (secondary N) is 1. The number of H-pyrrole nitrogens is 1. The minimum Gasteiger partial charge on any atom is -0.458 e. The smallest absolute Gasteiger partial charge is 0.359 e. The average molecular weight is 196 g/mol. The molecular weight excluding hydrogens is 184 g/mol. The Morgan fingerprint density at radius 1 is 1.71 bits per heavy atom. The Balaban J connectivity index is 1.96. The summed E-state index contributed by atoms with van der Waals surface area (Å²) < 4.78 is 9.97. The van der Waals surface area contributed by atoms with E-state index in [1.165, 1.54) is 0 Å². The summed E-state index contributed by atoms with van der Waals surface area (Å²) in [6.45, 7) is 0.420. The molecule has 0 radical (unpaired) electrons. The summed E-state index contributed by atoms with van der Waals surface area (Å²) in [7, 11) is 1.59. The normalized spacial score (nSPS) is 15.5. The van der Waals surface area contributed by atoms with E-state index in [0.717, 1.165) is 18.5 Å². The summed E-state index contributed by atoms with van der Waals surface area (Å²) in [5.41, 5.74) is 1.10. The Kier molecular flexibility index (Phi) is 2.49. The first-order valence-electron chi connectivity index (χ1n) is 4.54. The second kappa shape index (κ2) is 3.79. The standard InChI is InChI=1S/C9H12N2O3/c1-13-5-6-4-8(11-10-6)9(12)14-7-2-3-7/h4,7H,2-3,5H2,1H3,(H,10,11). The van der Waals surface area contributed by atoms with Gasteiger partial charge in [-0.1, -0.05) is 0 Å². The molecule has 1 fully saturated rings. The summed E-state index contributed by atoms with van der Waals surface area (Å²) in [6, 6.07) is 1.65. The predicted octanol–water partition coefficient (Wildman–Crippen LogP) is 0.875. The monoisotopic (exact) mass is 196 g/mol. The van der Waals surface area contributed by atoms with E-state index in [0.29, 0.717) is 12.3 Å². The fourth-order valence-electron chi connectivity index (χ4n) is 1.09. The van der Waals surface area contributed by atoms with Gasteiger partial charge in [0.1, 0.15) is 6.10 Å². The molecule has 1 heterocycles. The summed E-state index contributed by atoms with van der Waals surface area (Å²) in [4.78, 5) is 11.4. The lowest BCUT2D eigenvalue weighted by molar-refractivity contribution is 0.0465. The zero-order chi connectivity index (χ0) is 9.97. The van der Waals surface area contributed by atoms with Crippen LogP contribution >= 0.6 is 0 Å². The highest BCUT2D eigenvalue weighted by Gasteiger charge is 2.27. The number of hydrogen-bond donors (Lipinski definition) is 1. The van der Waals surface area contributed by atoms with Crippen molar-refractivity contribution in [2.45, 2.75) is 25.6 Å². The molecule has 0 spiro atoms. The molecule has 0 aliphatic heterocycles. The van der Waals surface area contributed by atoms with Crippen LogP contribution < -0.4 is 0 Å². The molecule has 5 heteroatoms. The van der Waals surface area contributed by atoms with Gasteiger partial charge < -0.3 is 9.47 Å². The van der Waals surface area contributed by atoms with Gasteiger partial charge in [0.25, 0.3) is 0 Å². The molecule has 1 aliphatic carbocycles. The Hall–Kier alpha value is -1.36. The molecule has 14 heavy (non-hydrogen) atoms. The van der Waals surface area contributed by atoms with E-state index in [1.807, 2.05) is 0 Å². The molecular formula is C9H12N2O3. The SMILES string of the molecule is COCc1cc(C(=O)OC2CC2)n[nH]1. The van der Waals surface area contributed by atoms with Crippen molar-refractivity contribution < 1.29 is 14.3 Å². The van der Waals surface area contributed by atoms with Crippen LogP contribution in [0.4, 0.5) is 0 Å². The largest absolute Gasteiger partial charge is 0.458 e. The van der Waals surface area contributed by atoms with Gasteiger partial charge >= 0.3 is 5.97 Å². The molecule has 1 saturated carbocycles. The number of ether oxygens (including phenoxy) is 2. The number of aromatic nitrogens is 2. The lowest BCUT2D eigenvalue weighted by Crippen LogP contribution is -2.06. The second-order valence-electron chi connectivity index (χ2n) is 3.32. The van der Waals surface area contributed by atoms with Crippen LogP contribution in [0.5, 0.6) is 0 Å². The fourth-order valence-corrected chi connectivity index (χ4v) is 1.09. The topological polar surface area (TPSA) is 64.2 Å². The molecule has 0 aromatic carbocycles. The number of rotatable bonds is 4. The molecule has 0 saturated heterocycles. The van der Waals surface area contributed by atoms with E-state index in [-0.39, 0.29) is 12.1 Å². The lowest BCUT2D eigenvalue weighted by Gasteiger charge is -1.97. The summed E-state index contributed by atoms with van der Waals surface area (Å²) in [6.07, 6.45) is 2.06. The van der Waals surface area contributed by atoms with Crippen LogP contribution in [0.1, 0.15) is 29.0 Å². The first-order valence-corrected chi connectivity index (χ1v) is 4.54. The van der Waals surface area contributed by atoms with Crippen LogP contribution in [-0.2, 0) is 16.1 Å². The first kappa shape index (κ1) is 9.21. The van der Waals surface area contributed by atoms with E-state index in [2.05, 4.69) is 10.2 Å². The van der Waals surface area contributed by atoms with Gasteiger partial charge in [0.2, 0.25) is 0 Å². The molecule has 0 atom stereocenters. The molecule has 1 aromatic rings. The van der Waals surface area contributed by atoms with Crippen LogP contribution in [0.15, 0.2) is 6.07 Å². The Labute approximate surface area is 81.4 Å². The minimum absolute atomic E-state index is 0.116. The molecule has 76 valence electrons. The fraction of sp³-hybridized carbons (Fsp3) is 0.556. The van der Waals surface area contributed by atoms with Crippen LogP contribution in [0.3, 0.4) is 0 Å².